The molecular formula is C15H19FN2O2S. The van der Waals surface area contributed by atoms with Crippen molar-refractivity contribution in [1.82, 2.24) is 9.80 Å². The normalized spacial score (nSPS) is 23.5. The molecule has 0 radical (unpaired) electrons. The maximum atomic E-state index is 13.2. The van der Waals surface area contributed by atoms with Crippen molar-refractivity contribution in [1.29, 1.82) is 0 Å². The number of phenolic OH excluding ortho intramolecular Hbond substituents is 1. The summed E-state index contributed by atoms with van der Waals surface area (Å²) in [4.78, 5) is 16.5. The van der Waals surface area contributed by atoms with Crippen molar-refractivity contribution < 1.29 is 14.3 Å². The van der Waals surface area contributed by atoms with Crippen LogP contribution in [0.3, 0.4) is 0 Å². The molecule has 2 heterocycles. The molecule has 0 aromatic heterocycles. The van der Waals surface area contributed by atoms with E-state index in [2.05, 4.69) is 4.90 Å². The lowest BCUT2D eigenvalue weighted by atomic mass is 10.1. The predicted octanol–water partition coefficient (Wildman–Crippen LogP) is 1.79. The van der Waals surface area contributed by atoms with Crippen LogP contribution in [0.4, 0.5) is 4.39 Å². The third-order valence-corrected chi connectivity index (χ3v) is 5.36. The molecule has 2 saturated heterocycles. The molecule has 1 aromatic rings. The number of thioether (sulfide) groups is 1. The second kappa shape index (κ2) is 6.23. The highest BCUT2D eigenvalue weighted by molar-refractivity contribution is 7.99. The van der Waals surface area contributed by atoms with Gasteiger partial charge in [-0.25, -0.2) is 4.39 Å². The summed E-state index contributed by atoms with van der Waals surface area (Å²) in [5, 5.41) is 9.73. The third kappa shape index (κ3) is 3.16. The number of phenols is 1. The number of benzene rings is 1. The van der Waals surface area contributed by atoms with Gasteiger partial charge in [0, 0.05) is 38.0 Å². The minimum absolute atomic E-state index is 0.0554. The Labute approximate surface area is 127 Å². The van der Waals surface area contributed by atoms with Crippen LogP contribution in [0.1, 0.15) is 16.8 Å². The summed E-state index contributed by atoms with van der Waals surface area (Å²) in [6.07, 6.45) is 1.23. The Kier molecular flexibility index (Phi) is 4.35. The SMILES string of the molecule is O=C(c1cc(F)ccc1O)N1CCN([C@@H]2CCSC2)CC1. The first-order chi connectivity index (χ1) is 10.1. The van der Waals surface area contributed by atoms with E-state index in [1.807, 2.05) is 11.8 Å². The molecule has 1 atom stereocenters. The first kappa shape index (κ1) is 14.7. The fourth-order valence-corrected chi connectivity index (χ4v) is 4.21. The number of carbonyl (C=O) groups is 1. The fourth-order valence-electron chi connectivity index (χ4n) is 2.95. The number of nitrogens with zero attached hydrogens (tertiary/aromatic N) is 2. The largest absolute Gasteiger partial charge is 0.507 e. The topological polar surface area (TPSA) is 43.8 Å². The molecule has 2 aliphatic heterocycles. The molecule has 0 unspecified atom stereocenters. The van der Waals surface area contributed by atoms with Gasteiger partial charge in [0.05, 0.1) is 5.56 Å². The van der Waals surface area contributed by atoms with E-state index in [9.17, 15) is 14.3 Å². The molecule has 4 nitrogen and oxygen atoms in total. The van der Waals surface area contributed by atoms with Gasteiger partial charge in [0.25, 0.3) is 5.91 Å². The first-order valence-corrected chi connectivity index (χ1v) is 8.40. The van der Waals surface area contributed by atoms with Crippen LogP contribution in [-0.2, 0) is 0 Å². The number of piperazine rings is 1. The number of rotatable bonds is 2. The zero-order valence-electron chi connectivity index (χ0n) is 11.8. The Morgan fingerprint density at radius 3 is 2.71 bits per heavy atom. The number of hydrogen-bond donors (Lipinski definition) is 1. The van der Waals surface area contributed by atoms with Crippen molar-refractivity contribution in [3.05, 3.63) is 29.6 Å². The van der Waals surface area contributed by atoms with Gasteiger partial charge in [-0.05, 0) is 30.4 Å². The van der Waals surface area contributed by atoms with Crippen molar-refractivity contribution in [3.63, 3.8) is 0 Å². The molecule has 0 bridgehead atoms. The highest BCUT2D eigenvalue weighted by Crippen LogP contribution is 2.24. The monoisotopic (exact) mass is 310 g/mol. The lowest BCUT2D eigenvalue weighted by Crippen LogP contribution is -2.52. The molecule has 1 amide bonds. The predicted molar refractivity (Wildman–Crippen MR) is 81.3 cm³/mol. The van der Waals surface area contributed by atoms with Gasteiger partial charge in [-0.3, -0.25) is 9.69 Å². The molecule has 114 valence electrons. The van der Waals surface area contributed by atoms with Crippen LogP contribution in [0.2, 0.25) is 0 Å². The van der Waals surface area contributed by atoms with Crippen LogP contribution in [0.25, 0.3) is 0 Å². The van der Waals surface area contributed by atoms with Crippen molar-refractivity contribution in [2.24, 2.45) is 0 Å². The summed E-state index contributed by atoms with van der Waals surface area (Å²) in [5.74, 6) is 1.46. The smallest absolute Gasteiger partial charge is 0.257 e. The first-order valence-electron chi connectivity index (χ1n) is 7.25. The van der Waals surface area contributed by atoms with E-state index in [4.69, 9.17) is 0 Å². The lowest BCUT2D eigenvalue weighted by molar-refractivity contribution is 0.0585. The van der Waals surface area contributed by atoms with E-state index in [0.29, 0.717) is 19.1 Å². The molecule has 21 heavy (non-hydrogen) atoms. The Bertz CT molecular complexity index is 526. The number of amides is 1. The highest BCUT2D eigenvalue weighted by Gasteiger charge is 2.29. The molecule has 3 rings (SSSR count). The molecule has 0 aliphatic carbocycles. The Morgan fingerprint density at radius 2 is 2.05 bits per heavy atom. The van der Waals surface area contributed by atoms with Crippen LogP contribution in [0.15, 0.2) is 18.2 Å². The van der Waals surface area contributed by atoms with Crippen molar-refractivity contribution in [2.75, 3.05) is 37.7 Å². The molecule has 1 aromatic carbocycles. The van der Waals surface area contributed by atoms with Crippen molar-refractivity contribution in [3.8, 4) is 5.75 Å². The van der Waals surface area contributed by atoms with Crippen LogP contribution in [0.5, 0.6) is 5.75 Å². The van der Waals surface area contributed by atoms with E-state index in [1.54, 1.807) is 4.90 Å². The van der Waals surface area contributed by atoms with Crippen LogP contribution in [-0.4, -0.2) is 64.5 Å². The number of halogens is 1. The van der Waals surface area contributed by atoms with Crippen molar-refractivity contribution in [2.45, 2.75) is 12.5 Å². The average Bonchev–Trinajstić information content (AvgIpc) is 3.03. The van der Waals surface area contributed by atoms with E-state index in [1.165, 1.54) is 24.0 Å². The minimum atomic E-state index is -0.502. The van der Waals surface area contributed by atoms with Gasteiger partial charge in [-0.1, -0.05) is 0 Å². The van der Waals surface area contributed by atoms with E-state index >= 15 is 0 Å². The van der Waals surface area contributed by atoms with Gasteiger partial charge >= 0.3 is 0 Å². The minimum Gasteiger partial charge on any atom is -0.507 e. The maximum Gasteiger partial charge on any atom is 0.257 e. The van der Waals surface area contributed by atoms with Crippen molar-refractivity contribution >= 4 is 17.7 Å². The van der Waals surface area contributed by atoms with Gasteiger partial charge in [0.1, 0.15) is 11.6 Å². The molecule has 2 fully saturated rings. The summed E-state index contributed by atoms with van der Waals surface area (Å²) in [5.41, 5.74) is 0.0554. The molecule has 1 N–H and O–H groups in total. The Hall–Kier alpha value is -1.27. The summed E-state index contributed by atoms with van der Waals surface area (Å²) in [6.45, 7) is 2.98. The third-order valence-electron chi connectivity index (χ3n) is 4.21. The quantitative estimate of drug-likeness (QED) is 0.904. The van der Waals surface area contributed by atoms with Gasteiger partial charge in [-0.2, -0.15) is 11.8 Å². The van der Waals surface area contributed by atoms with E-state index in [0.717, 1.165) is 25.2 Å². The lowest BCUT2D eigenvalue weighted by Gasteiger charge is -2.37. The maximum absolute atomic E-state index is 13.2. The summed E-state index contributed by atoms with van der Waals surface area (Å²) in [6, 6.07) is 4.13. The average molecular weight is 310 g/mol. The summed E-state index contributed by atoms with van der Waals surface area (Å²) in [7, 11) is 0. The molecule has 0 spiro atoms. The fraction of sp³-hybridized carbons (Fsp3) is 0.533. The molecule has 0 saturated carbocycles. The van der Waals surface area contributed by atoms with Gasteiger partial charge < -0.3 is 10.0 Å². The zero-order chi connectivity index (χ0) is 14.8. The molecule has 6 heteroatoms. The second-order valence-corrected chi connectivity index (χ2v) is 6.66. The van der Waals surface area contributed by atoms with Gasteiger partial charge in [0.15, 0.2) is 0 Å². The molecular weight excluding hydrogens is 291 g/mol. The zero-order valence-corrected chi connectivity index (χ0v) is 12.6. The van der Waals surface area contributed by atoms with E-state index < -0.39 is 5.82 Å². The number of carbonyl (C=O) groups excluding carboxylic acids is 1. The summed E-state index contributed by atoms with van der Waals surface area (Å²) < 4.78 is 13.2. The Balaban J connectivity index is 1.63. The molecule has 2 aliphatic rings. The standard InChI is InChI=1S/C15H19FN2O2S/c16-11-1-2-14(19)13(9-11)15(20)18-6-4-17(5-7-18)12-3-8-21-10-12/h1-2,9,12,19H,3-8,10H2/t12-/m1/s1. The van der Waals surface area contributed by atoms with Crippen LogP contribution < -0.4 is 0 Å². The van der Waals surface area contributed by atoms with Crippen LogP contribution >= 0.6 is 11.8 Å². The number of hydrogen-bond acceptors (Lipinski definition) is 4. The summed E-state index contributed by atoms with van der Waals surface area (Å²) >= 11 is 1.99. The van der Waals surface area contributed by atoms with Gasteiger partial charge in [0.2, 0.25) is 0 Å². The highest BCUT2D eigenvalue weighted by atomic mass is 32.2. The number of aromatic hydroxyl groups is 1. The Morgan fingerprint density at radius 1 is 1.29 bits per heavy atom. The van der Waals surface area contributed by atoms with Gasteiger partial charge in [-0.15, -0.1) is 0 Å². The van der Waals surface area contributed by atoms with Crippen LogP contribution in [0, 0.1) is 5.82 Å². The van der Waals surface area contributed by atoms with E-state index in [-0.39, 0.29) is 17.2 Å². The second-order valence-electron chi connectivity index (χ2n) is 5.51.